The number of amides is 5. The molecule has 0 rings (SSSR count). The van der Waals surface area contributed by atoms with E-state index < -0.39 is 6.04 Å². The van der Waals surface area contributed by atoms with E-state index in [1.54, 1.807) is 0 Å². The highest BCUT2D eigenvalue weighted by atomic mass is 16.6. The monoisotopic (exact) mass is 1750 g/mol. The molecule has 0 aromatic rings. The molecule has 0 radical (unpaired) electrons. The summed E-state index contributed by atoms with van der Waals surface area (Å²) in [6, 6.07) is -0.577. The highest BCUT2D eigenvalue weighted by Crippen LogP contribution is 2.14. The molecule has 718 valence electrons. The molecule has 0 heterocycles. The normalized spacial score (nSPS) is 12.3. The van der Waals surface area contributed by atoms with E-state index in [1.807, 2.05) is 20.8 Å². The maximum atomic E-state index is 12.7. The van der Waals surface area contributed by atoms with E-state index in [-0.39, 0.29) is 47.9 Å². The lowest BCUT2D eigenvalue weighted by Gasteiger charge is -2.25. The smallest absolute Gasteiger partial charge is 0.243 e. The molecule has 34 heteroatoms. The van der Waals surface area contributed by atoms with Crippen molar-refractivity contribution < 1.29 is 138 Å². The number of hydrogen-bond acceptors (Lipinski definition) is 29. The van der Waals surface area contributed by atoms with Crippen LogP contribution in [0.1, 0.15) is 182 Å². The molecule has 0 saturated carbocycles. The maximum absolute atomic E-state index is 12.7. The molecule has 3 atom stereocenters. The van der Waals surface area contributed by atoms with E-state index in [2.05, 4.69) is 33.5 Å². The van der Waals surface area contributed by atoms with Gasteiger partial charge in [-0.15, -0.1) is 0 Å². The predicted octanol–water partition coefficient (Wildman–Crippen LogP) is 7.39. The van der Waals surface area contributed by atoms with Crippen LogP contribution in [-0.2, 0) is 138 Å². The lowest BCUT2D eigenvalue weighted by molar-refractivity contribution is -0.129. The van der Waals surface area contributed by atoms with Crippen LogP contribution in [0.3, 0.4) is 0 Å². The van der Waals surface area contributed by atoms with Crippen molar-refractivity contribution in [1.82, 2.24) is 26.6 Å². The van der Waals surface area contributed by atoms with Crippen LogP contribution in [0.25, 0.3) is 0 Å². The zero-order chi connectivity index (χ0) is 87.5. The third-order valence-corrected chi connectivity index (χ3v) is 18.1. The third kappa shape index (κ3) is 98.4. The van der Waals surface area contributed by atoms with Crippen LogP contribution < -0.4 is 26.6 Å². The minimum absolute atomic E-state index is 0.0247. The summed E-state index contributed by atoms with van der Waals surface area (Å²) in [6.45, 7) is 33.4. The zero-order valence-corrected chi connectivity index (χ0v) is 75.9. The average Bonchev–Trinajstić information content (AvgIpc) is 0.887. The molecule has 0 spiro atoms. The molecule has 0 fully saturated rings. The van der Waals surface area contributed by atoms with E-state index in [0.717, 1.165) is 57.8 Å². The SMILES string of the molecule is CCCCCCCCCCCCCCCC(=O)NCCCCCC(=O)NCCOCCOCCOCCOCCOCCOCCOCCOCCOCCOCCOCCOCCOCCOCCOCCOCCOCCOCCOCCOCCOCCOCCOCCOCCC(=O)NCCCC[C@@H](C)NC(=O)[C@@H](NC(C)=O)[C@@H](C)CC. The number of carbonyl (C=O) groups is 5. The molecule has 0 aliphatic rings. The quantitative estimate of drug-likeness (QED) is 0.0370. The summed E-state index contributed by atoms with van der Waals surface area (Å²) in [5.41, 5.74) is 0. The number of ether oxygens (including phenoxy) is 24. The minimum atomic E-state index is -0.542. The van der Waals surface area contributed by atoms with Crippen molar-refractivity contribution in [3.63, 3.8) is 0 Å². The molecule has 5 amide bonds. The van der Waals surface area contributed by atoms with E-state index in [4.69, 9.17) is 114 Å². The average molecular weight is 1750 g/mol. The van der Waals surface area contributed by atoms with Crippen LogP contribution in [0.15, 0.2) is 0 Å². The van der Waals surface area contributed by atoms with Crippen molar-refractivity contribution in [1.29, 1.82) is 0 Å². The van der Waals surface area contributed by atoms with E-state index >= 15 is 0 Å². The Labute approximate surface area is 727 Å². The van der Waals surface area contributed by atoms with Gasteiger partial charge in [-0.3, -0.25) is 24.0 Å². The van der Waals surface area contributed by atoms with Crippen molar-refractivity contribution in [3.8, 4) is 0 Å². The first-order chi connectivity index (χ1) is 59.6. The molecule has 34 nitrogen and oxygen atoms in total. The van der Waals surface area contributed by atoms with Gasteiger partial charge in [0, 0.05) is 51.9 Å². The van der Waals surface area contributed by atoms with Crippen LogP contribution in [0.2, 0.25) is 0 Å². The molecule has 0 aromatic heterocycles. The van der Waals surface area contributed by atoms with Gasteiger partial charge in [-0.25, -0.2) is 0 Å². The lowest BCUT2D eigenvalue weighted by Crippen LogP contribution is -2.51. The van der Waals surface area contributed by atoms with Crippen LogP contribution in [-0.4, -0.2) is 378 Å². The summed E-state index contributed by atoms with van der Waals surface area (Å²) >= 11 is 0. The molecule has 0 aliphatic heterocycles. The van der Waals surface area contributed by atoms with Gasteiger partial charge in [0.1, 0.15) is 6.04 Å². The summed E-state index contributed by atoms with van der Waals surface area (Å²) in [4.78, 5) is 60.6. The van der Waals surface area contributed by atoms with Gasteiger partial charge in [-0.05, 0) is 51.4 Å². The molecular weight excluding hydrogens is 1580 g/mol. The summed E-state index contributed by atoms with van der Waals surface area (Å²) in [5.74, 6) is -0.242. The first-order valence-electron chi connectivity index (χ1n) is 45.8. The predicted molar refractivity (Wildman–Crippen MR) is 461 cm³/mol. The van der Waals surface area contributed by atoms with Gasteiger partial charge in [-0.2, -0.15) is 0 Å². The topological polar surface area (TPSA) is 367 Å². The van der Waals surface area contributed by atoms with E-state index in [0.29, 0.717) is 350 Å². The van der Waals surface area contributed by atoms with Gasteiger partial charge in [0.2, 0.25) is 29.5 Å². The third-order valence-electron chi connectivity index (χ3n) is 18.1. The van der Waals surface area contributed by atoms with Crippen LogP contribution in [0.4, 0.5) is 0 Å². The maximum Gasteiger partial charge on any atom is 0.243 e. The fourth-order valence-corrected chi connectivity index (χ4v) is 11.1. The van der Waals surface area contributed by atoms with Crippen molar-refractivity contribution in [3.05, 3.63) is 0 Å². The summed E-state index contributed by atoms with van der Waals surface area (Å²) in [6.07, 6.45) is 24.1. The Morgan fingerprint density at radius 1 is 0.223 bits per heavy atom. The Balaban J connectivity index is 3.20. The number of nitrogens with one attached hydrogen (secondary N) is 5. The minimum Gasteiger partial charge on any atom is -0.379 e. The molecule has 121 heavy (non-hydrogen) atoms. The highest BCUT2D eigenvalue weighted by molar-refractivity contribution is 5.87. The molecule has 0 unspecified atom stereocenters. The Morgan fingerprint density at radius 2 is 0.430 bits per heavy atom. The second kappa shape index (κ2) is 102. The second-order valence-electron chi connectivity index (χ2n) is 28.8. The van der Waals surface area contributed by atoms with Crippen LogP contribution >= 0.6 is 0 Å². The molecule has 0 aliphatic carbocycles. The standard InChI is InChI=1S/C87H171N5O29/c1-6-8-9-10-11-12-13-14-15-16-17-18-20-26-83(94)88-29-23-19-21-27-84(95)90-31-33-99-35-37-101-39-41-103-43-45-105-47-49-107-51-53-109-55-57-111-59-61-113-63-65-115-67-69-117-71-73-119-75-77-121-79-78-120-76-74-118-72-70-116-68-66-114-64-62-112-60-58-110-56-54-108-52-50-106-48-46-104-44-42-102-40-38-100-36-34-98-32-28-85(96)89-30-24-22-25-81(4)91-87(97)86(80(3)7-2)92-82(5)93/h80-81,86H,6-79H2,1-5H3,(H,88,94)(H,89,96)(H,90,95)(H,91,97)(H,92,93)/t80-,81+,86-/m0/s1. The highest BCUT2D eigenvalue weighted by Gasteiger charge is 2.26. The van der Waals surface area contributed by atoms with Crippen molar-refractivity contribution in [2.24, 2.45) is 5.92 Å². The Bertz CT molecular complexity index is 2130. The molecule has 0 bridgehead atoms. The largest absolute Gasteiger partial charge is 0.379 e. The molecule has 0 saturated heterocycles. The Kier molecular flexibility index (Phi) is 98.8. The van der Waals surface area contributed by atoms with Gasteiger partial charge in [-0.1, -0.05) is 111 Å². The van der Waals surface area contributed by atoms with Gasteiger partial charge >= 0.3 is 0 Å². The van der Waals surface area contributed by atoms with Gasteiger partial charge < -0.3 is 140 Å². The van der Waals surface area contributed by atoms with Crippen LogP contribution in [0.5, 0.6) is 0 Å². The number of unbranched alkanes of at least 4 members (excludes halogenated alkanes) is 15. The van der Waals surface area contributed by atoms with Gasteiger partial charge in [0.25, 0.3) is 0 Å². The Morgan fingerprint density at radius 3 is 0.678 bits per heavy atom. The summed E-state index contributed by atoms with van der Waals surface area (Å²) in [5, 5.41) is 14.6. The number of carbonyl (C=O) groups excluding carboxylic acids is 5. The number of hydrogen-bond donors (Lipinski definition) is 5. The molecule has 5 N–H and O–H groups in total. The second-order valence-corrected chi connectivity index (χ2v) is 28.8. The van der Waals surface area contributed by atoms with Gasteiger partial charge in [0.15, 0.2) is 0 Å². The first-order valence-corrected chi connectivity index (χ1v) is 45.8. The van der Waals surface area contributed by atoms with Crippen molar-refractivity contribution in [2.75, 3.05) is 337 Å². The summed E-state index contributed by atoms with van der Waals surface area (Å²) < 4.78 is 133. The van der Waals surface area contributed by atoms with E-state index in [1.165, 1.54) is 77.6 Å². The fraction of sp³-hybridized carbons (Fsp3) is 0.943. The zero-order valence-electron chi connectivity index (χ0n) is 75.9. The fourth-order valence-electron chi connectivity index (χ4n) is 11.1. The lowest BCUT2D eigenvalue weighted by atomic mass is 9.97. The van der Waals surface area contributed by atoms with Crippen molar-refractivity contribution >= 4 is 29.5 Å². The van der Waals surface area contributed by atoms with Gasteiger partial charge in [0.05, 0.1) is 317 Å². The molecule has 0 aromatic carbocycles. The Hall–Kier alpha value is -3.61. The van der Waals surface area contributed by atoms with Crippen molar-refractivity contribution in [2.45, 2.75) is 194 Å². The first kappa shape index (κ1) is 117. The van der Waals surface area contributed by atoms with E-state index in [9.17, 15) is 24.0 Å². The molecular formula is C87H171N5O29. The summed E-state index contributed by atoms with van der Waals surface area (Å²) in [7, 11) is 0. The number of rotatable bonds is 105. The van der Waals surface area contributed by atoms with Crippen LogP contribution in [0, 0.1) is 5.92 Å².